The molecule has 3 rings (SSSR count). The molecule has 1 aliphatic heterocycles. The molecule has 0 amide bonds. The van der Waals surface area contributed by atoms with Gasteiger partial charge in [0.2, 0.25) is 14.8 Å². The topological polar surface area (TPSA) is 87.4 Å². The van der Waals surface area contributed by atoms with Crippen molar-refractivity contribution in [3.8, 4) is 17.6 Å². The Hall–Kier alpha value is -2.57. The summed E-state index contributed by atoms with van der Waals surface area (Å²) >= 11 is 0. The second kappa shape index (κ2) is 5.46. The molecule has 0 fully saturated rings. The van der Waals surface area contributed by atoms with Crippen LogP contribution < -0.4 is 4.74 Å². The molecule has 0 aliphatic carbocycles. The molecule has 0 saturated heterocycles. The van der Waals surface area contributed by atoms with Crippen LogP contribution >= 0.6 is 0 Å². The molecule has 0 radical (unpaired) electrons. The van der Waals surface area contributed by atoms with Gasteiger partial charge in [-0.1, -0.05) is 0 Å². The van der Waals surface area contributed by atoms with E-state index in [0.717, 1.165) is 31.2 Å². The maximum absolute atomic E-state index is 14.9. The van der Waals surface area contributed by atoms with Crippen molar-refractivity contribution in [1.29, 1.82) is 5.26 Å². The Kier molecular flexibility index (Phi) is 3.83. The van der Waals surface area contributed by atoms with Gasteiger partial charge >= 0.3 is 0 Å². The van der Waals surface area contributed by atoms with Gasteiger partial charge in [-0.2, -0.15) is 5.26 Å². The monoisotopic (exact) mass is 383 g/mol. The lowest BCUT2D eigenvalue weighted by atomic mass is 9.88. The maximum atomic E-state index is 14.9. The van der Waals surface area contributed by atoms with E-state index in [1.165, 1.54) is 0 Å². The Morgan fingerprint density at radius 2 is 1.73 bits per heavy atom. The van der Waals surface area contributed by atoms with Crippen molar-refractivity contribution < 1.29 is 31.4 Å². The molecule has 2 atom stereocenters. The van der Waals surface area contributed by atoms with Crippen LogP contribution in [-0.4, -0.2) is 18.5 Å². The van der Waals surface area contributed by atoms with Crippen molar-refractivity contribution in [3.63, 3.8) is 0 Å². The molecule has 1 heterocycles. The molecule has 2 unspecified atom stereocenters. The van der Waals surface area contributed by atoms with Crippen molar-refractivity contribution in [2.45, 2.75) is 29.3 Å². The number of nitriles is 1. The predicted molar refractivity (Wildman–Crippen MR) is 83.9 cm³/mol. The van der Waals surface area contributed by atoms with Gasteiger partial charge in [-0.05, 0) is 26.0 Å². The highest BCUT2D eigenvalue weighted by Crippen LogP contribution is 2.54. The van der Waals surface area contributed by atoms with Gasteiger partial charge in [0.05, 0.1) is 4.90 Å². The van der Waals surface area contributed by atoms with Gasteiger partial charge in [-0.3, -0.25) is 0 Å². The Morgan fingerprint density at radius 3 is 2.27 bits per heavy atom. The minimum absolute atomic E-state index is 0.274. The summed E-state index contributed by atoms with van der Waals surface area (Å²) in [7, 11) is -4.57. The molecule has 0 bridgehead atoms. The van der Waals surface area contributed by atoms with Gasteiger partial charge in [0.25, 0.3) is 0 Å². The van der Waals surface area contributed by atoms with Gasteiger partial charge in [-0.15, -0.1) is 0 Å². The quantitative estimate of drug-likeness (QED) is 0.860. The minimum Gasteiger partial charge on any atom is -0.456 e. The first-order chi connectivity index (χ1) is 11.9. The molecule has 1 N–H and O–H groups in total. The van der Waals surface area contributed by atoms with Gasteiger partial charge in [0.1, 0.15) is 40.4 Å². The van der Waals surface area contributed by atoms with Crippen LogP contribution in [0.2, 0.25) is 0 Å². The predicted octanol–water partition coefficient (Wildman–Crippen LogP) is 3.31. The molecule has 2 aromatic rings. The number of aliphatic hydroxyl groups is 1. The Balaban J connectivity index is 2.24. The number of hydrogen-bond acceptors (Lipinski definition) is 5. The Labute approximate surface area is 147 Å². The summed E-state index contributed by atoms with van der Waals surface area (Å²) in [6.45, 7) is 1.63. The van der Waals surface area contributed by atoms with Gasteiger partial charge in [0, 0.05) is 23.8 Å². The van der Waals surface area contributed by atoms with Crippen LogP contribution in [0.25, 0.3) is 0 Å². The van der Waals surface area contributed by atoms with Crippen LogP contribution in [0.15, 0.2) is 35.2 Å². The van der Waals surface area contributed by atoms with Crippen LogP contribution in [0.4, 0.5) is 13.2 Å². The summed E-state index contributed by atoms with van der Waals surface area (Å²) in [5, 5.41) is 16.9. The number of fused-ring (bicyclic) bond motifs is 1. The number of rotatable bonds is 2. The number of sulfone groups is 1. The fourth-order valence-electron chi connectivity index (χ4n) is 2.87. The molecule has 0 aromatic heterocycles. The van der Waals surface area contributed by atoms with Crippen LogP contribution in [0.5, 0.6) is 11.5 Å². The van der Waals surface area contributed by atoms with Crippen LogP contribution in [0.3, 0.4) is 0 Å². The molecule has 136 valence electrons. The normalized spacial score (nSPS) is 26.2. The van der Waals surface area contributed by atoms with E-state index in [9.17, 15) is 32.0 Å². The molecule has 1 aliphatic rings. The number of hydrogen-bond donors (Lipinski definition) is 1. The summed E-state index contributed by atoms with van der Waals surface area (Å²) in [6.07, 6.45) is 0. The molecular weight excluding hydrogens is 371 g/mol. The summed E-state index contributed by atoms with van der Waals surface area (Å²) in [4.78, 5) is -0.540. The number of halogens is 3. The van der Waals surface area contributed by atoms with Crippen molar-refractivity contribution >= 4 is 9.84 Å². The number of ether oxygens (including phenoxy) is 1. The average molecular weight is 383 g/mol. The summed E-state index contributed by atoms with van der Waals surface area (Å²) in [5.41, 5.74) is -3.43. The maximum Gasteiger partial charge on any atom is 0.244 e. The largest absolute Gasteiger partial charge is 0.456 e. The zero-order chi connectivity index (χ0) is 19.5. The van der Waals surface area contributed by atoms with Crippen molar-refractivity contribution in [3.05, 3.63) is 53.1 Å². The molecule has 26 heavy (non-hydrogen) atoms. The van der Waals surface area contributed by atoms with E-state index in [1.54, 1.807) is 6.07 Å². The molecular formula is C17H12F3NO4S. The fraction of sp³-hybridized carbons (Fsp3) is 0.235. The van der Waals surface area contributed by atoms with Gasteiger partial charge in [0.15, 0.2) is 0 Å². The second-order valence-corrected chi connectivity index (χ2v) is 8.34. The van der Waals surface area contributed by atoms with E-state index < -0.39 is 48.1 Å². The van der Waals surface area contributed by atoms with Gasteiger partial charge in [-0.25, -0.2) is 21.6 Å². The number of nitrogens with zero attached hydrogens (tertiary/aromatic N) is 1. The lowest BCUT2D eigenvalue weighted by Gasteiger charge is -2.28. The van der Waals surface area contributed by atoms with E-state index in [2.05, 4.69) is 0 Å². The number of alkyl halides is 1. The molecule has 2 aromatic carbocycles. The highest BCUT2D eigenvalue weighted by atomic mass is 32.2. The molecule has 0 spiro atoms. The first-order valence-electron chi connectivity index (χ1n) is 7.31. The zero-order valence-corrected chi connectivity index (χ0v) is 14.4. The molecule has 0 saturated carbocycles. The van der Waals surface area contributed by atoms with E-state index in [-0.39, 0.29) is 11.5 Å². The van der Waals surface area contributed by atoms with E-state index in [1.807, 2.05) is 0 Å². The first-order valence-corrected chi connectivity index (χ1v) is 8.79. The van der Waals surface area contributed by atoms with Crippen LogP contribution in [0, 0.1) is 23.0 Å². The zero-order valence-electron chi connectivity index (χ0n) is 13.5. The van der Waals surface area contributed by atoms with E-state index in [0.29, 0.717) is 13.0 Å². The van der Waals surface area contributed by atoms with E-state index in [4.69, 9.17) is 4.74 Å². The lowest BCUT2D eigenvalue weighted by Crippen LogP contribution is -2.44. The third-order valence-electron chi connectivity index (χ3n) is 4.46. The van der Waals surface area contributed by atoms with Crippen LogP contribution in [0.1, 0.15) is 25.0 Å². The molecule has 5 nitrogen and oxygen atoms in total. The number of benzene rings is 2. The third-order valence-corrected chi connectivity index (χ3v) is 6.78. The highest BCUT2D eigenvalue weighted by Gasteiger charge is 2.64. The van der Waals surface area contributed by atoms with Crippen LogP contribution in [-0.2, 0) is 15.4 Å². The minimum atomic E-state index is -4.57. The SMILES string of the molecule is CC1(O)c2c(ccc(Oc3cc(F)cc(F)c3)c2C#N)S(=O)(=O)C1(C)F. The van der Waals surface area contributed by atoms with Crippen molar-refractivity contribution in [2.75, 3.05) is 0 Å². The van der Waals surface area contributed by atoms with Crippen molar-refractivity contribution in [1.82, 2.24) is 0 Å². The molecule has 9 heteroatoms. The smallest absolute Gasteiger partial charge is 0.244 e. The summed E-state index contributed by atoms with van der Waals surface area (Å²) in [5.74, 6) is -2.41. The first kappa shape index (κ1) is 18.2. The Bertz CT molecular complexity index is 1050. The highest BCUT2D eigenvalue weighted by molar-refractivity contribution is 7.93. The Morgan fingerprint density at radius 1 is 1.15 bits per heavy atom. The average Bonchev–Trinajstić information content (AvgIpc) is 2.62. The van der Waals surface area contributed by atoms with E-state index >= 15 is 0 Å². The standard InChI is InChI=1S/C17H12F3NO4S/c1-16(22)15-12(8-21)13(25-11-6-9(18)5-10(19)7-11)3-4-14(15)26(23,24)17(16,2)20/h3-7,22H,1-2H3. The fourth-order valence-corrected chi connectivity index (χ4v) is 4.73. The summed E-state index contributed by atoms with van der Waals surface area (Å²) in [6, 6.07) is 6.04. The van der Waals surface area contributed by atoms with Crippen molar-refractivity contribution in [2.24, 2.45) is 0 Å². The summed E-state index contributed by atoms with van der Waals surface area (Å²) < 4.78 is 71.5. The van der Waals surface area contributed by atoms with Gasteiger partial charge < -0.3 is 9.84 Å². The third kappa shape index (κ3) is 2.29. The lowest BCUT2D eigenvalue weighted by molar-refractivity contribution is -0.0353. The second-order valence-electron chi connectivity index (χ2n) is 6.12.